The van der Waals surface area contributed by atoms with E-state index in [1.54, 1.807) is 30.3 Å². The number of Topliss-reactive ketones (excluding diaryl/α,β-unsaturated/α-hetero) is 1. The van der Waals surface area contributed by atoms with E-state index in [9.17, 15) is 22.8 Å². The molecule has 0 heterocycles. The zero-order valence-electron chi connectivity index (χ0n) is 10.1. The molecule has 0 fully saturated rings. The van der Waals surface area contributed by atoms with E-state index in [0.29, 0.717) is 11.6 Å². The van der Waals surface area contributed by atoms with Gasteiger partial charge in [-0.2, -0.15) is 13.2 Å². The Morgan fingerprint density at radius 2 is 1.79 bits per heavy atom. The van der Waals surface area contributed by atoms with Crippen molar-refractivity contribution in [2.75, 3.05) is 6.54 Å². The number of carbonyl (C=O) groups is 2. The Labute approximate surface area is 108 Å². The molecule has 0 amide bonds. The summed E-state index contributed by atoms with van der Waals surface area (Å²) in [5, 5.41) is 2.47. The molecule has 0 atom stereocenters. The monoisotopic (exact) mass is 271 g/mol. The van der Waals surface area contributed by atoms with Crippen LogP contribution in [0.5, 0.6) is 0 Å². The maximum Gasteiger partial charge on any atom is 0.454 e. The number of carbonyl (C=O) groups excluding carboxylic acids is 2. The number of ketones is 2. The first-order chi connectivity index (χ1) is 8.80. The van der Waals surface area contributed by atoms with Gasteiger partial charge in [-0.15, -0.1) is 0 Å². The smallest absolute Gasteiger partial charge is 0.381 e. The van der Waals surface area contributed by atoms with Gasteiger partial charge >= 0.3 is 6.18 Å². The van der Waals surface area contributed by atoms with Gasteiger partial charge in [-0.25, -0.2) is 0 Å². The lowest BCUT2D eigenvalue weighted by atomic mass is 10.1. The van der Waals surface area contributed by atoms with Gasteiger partial charge < -0.3 is 5.32 Å². The predicted octanol–water partition coefficient (Wildman–Crippen LogP) is 2.49. The summed E-state index contributed by atoms with van der Waals surface area (Å²) < 4.78 is 36.0. The van der Waals surface area contributed by atoms with Crippen LogP contribution in [-0.2, 0) is 4.79 Å². The van der Waals surface area contributed by atoms with Gasteiger partial charge in [-0.1, -0.05) is 30.3 Å². The number of hydrogen-bond acceptors (Lipinski definition) is 3. The first kappa shape index (κ1) is 14.9. The predicted molar refractivity (Wildman–Crippen MR) is 63.6 cm³/mol. The van der Waals surface area contributed by atoms with Crippen LogP contribution >= 0.6 is 0 Å². The average Bonchev–Trinajstić information content (AvgIpc) is 2.35. The molecule has 1 aromatic carbocycles. The van der Waals surface area contributed by atoms with E-state index in [1.165, 1.54) is 6.92 Å². The van der Waals surface area contributed by atoms with Crippen molar-refractivity contribution in [3.63, 3.8) is 0 Å². The zero-order valence-corrected chi connectivity index (χ0v) is 10.1. The molecule has 0 unspecified atom stereocenters. The highest BCUT2D eigenvalue weighted by molar-refractivity contribution is 5.98. The molecule has 0 aromatic heterocycles. The van der Waals surface area contributed by atoms with Crippen molar-refractivity contribution in [2.24, 2.45) is 0 Å². The quantitative estimate of drug-likeness (QED) is 0.661. The molecule has 1 N–H and O–H groups in total. The Bertz CT molecular complexity index is 492. The average molecular weight is 271 g/mol. The third-order valence-electron chi connectivity index (χ3n) is 2.25. The minimum atomic E-state index is -4.90. The van der Waals surface area contributed by atoms with Crippen LogP contribution in [-0.4, -0.2) is 24.3 Å². The lowest BCUT2D eigenvalue weighted by molar-refractivity contribution is -0.165. The summed E-state index contributed by atoms with van der Waals surface area (Å²) in [6.07, 6.45) is -4.47. The van der Waals surface area contributed by atoms with Crippen molar-refractivity contribution in [2.45, 2.75) is 13.1 Å². The second-order valence-electron chi connectivity index (χ2n) is 3.83. The third-order valence-corrected chi connectivity index (χ3v) is 2.25. The minimum absolute atomic E-state index is 0.00777. The van der Waals surface area contributed by atoms with Crippen LogP contribution < -0.4 is 5.32 Å². The fourth-order valence-corrected chi connectivity index (χ4v) is 1.28. The summed E-state index contributed by atoms with van der Waals surface area (Å²) in [5.41, 5.74) is 0.441. The van der Waals surface area contributed by atoms with Gasteiger partial charge in [0, 0.05) is 17.3 Å². The van der Waals surface area contributed by atoms with Crippen LogP contribution in [0.3, 0.4) is 0 Å². The van der Waals surface area contributed by atoms with Gasteiger partial charge in [0.05, 0.1) is 6.54 Å². The Morgan fingerprint density at radius 3 is 2.32 bits per heavy atom. The molecule has 102 valence electrons. The summed E-state index contributed by atoms with van der Waals surface area (Å²) in [7, 11) is 0. The van der Waals surface area contributed by atoms with Crippen LogP contribution in [0.4, 0.5) is 13.2 Å². The molecule has 0 aliphatic heterocycles. The van der Waals surface area contributed by atoms with Gasteiger partial charge in [0.2, 0.25) is 0 Å². The lowest BCUT2D eigenvalue weighted by Crippen LogP contribution is -2.25. The van der Waals surface area contributed by atoms with Gasteiger partial charge in [0.15, 0.2) is 5.78 Å². The van der Waals surface area contributed by atoms with E-state index < -0.39 is 12.0 Å². The van der Waals surface area contributed by atoms with Crippen LogP contribution in [0, 0.1) is 0 Å². The highest BCUT2D eigenvalue weighted by Crippen LogP contribution is 2.16. The van der Waals surface area contributed by atoms with Crippen LogP contribution in [0.1, 0.15) is 17.3 Å². The molecule has 1 aromatic rings. The molecule has 0 saturated carbocycles. The van der Waals surface area contributed by atoms with Crippen molar-refractivity contribution in [1.29, 1.82) is 0 Å². The Hall–Kier alpha value is -2.11. The lowest BCUT2D eigenvalue weighted by Gasteiger charge is -2.07. The number of benzene rings is 1. The van der Waals surface area contributed by atoms with Gasteiger partial charge in [-0.3, -0.25) is 9.59 Å². The van der Waals surface area contributed by atoms with Crippen molar-refractivity contribution in [3.05, 3.63) is 47.7 Å². The minimum Gasteiger partial charge on any atom is -0.381 e. The maximum atomic E-state index is 12.0. The number of allylic oxidation sites excluding steroid dienone is 2. The largest absolute Gasteiger partial charge is 0.454 e. The van der Waals surface area contributed by atoms with Gasteiger partial charge in [0.1, 0.15) is 0 Å². The van der Waals surface area contributed by atoms with E-state index in [0.717, 1.165) is 0 Å². The fraction of sp³-hybridized carbons (Fsp3) is 0.231. The molecule has 1 rings (SSSR count). The molecule has 0 radical (unpaired) electrons. The van der Waals surface area contributed by atoms with Crippen molar-refractivity contribution >= 4 is 11.6 Å². The van der Waals surface area contributed by atoms with E-state index in [4.69, 9.17) is 0 Å². The summed E-state index contributed by atoms with van der Waals surface area (Å²) in [5.74, 6) is -2.22. The van der Waals surface area contributed by atoms with E-state index in [1.807, 2.05) is 0 Å². The molecule has 0 aliphatic rings. The summed E-state index contributed by atoms with van der Waals surface area (Å²) in [4.78, 5) is 22.3. The van der Waals surface area contributed by atoms with E-state index >= 15 is 0 Å². The molecule has 0 spiro atoms. The molecule has 6 heteroatoms. The fourth-order valence-electron chi connectivity index (χ4n) is 1.28. The highest BCUT2D eigenvalue weighted by Gasteiger charge is 2.36. The molecule has 0 saturated heterocycles. The molecule has 0 aliphatic carbocycles. The van der Waals surface area contributed by atoms with E-state index in [2.05, 4.69) is 5.32 Å². The number of hydrogen-bond donors (Lipinski definition) is 1. The maximum absolute atomic E-state index is 12.0. The number of nitrogens with one attached hydrogen (secondary N) is 1. The third kappa shape index (κ3) is 4.95. The second kappa shape index (κ2) is 6.17. The summed E-state index contributed by atoms with van der Waals surface area (Å²) >= 11 is 0. The summed E-state index contributed by atoms with van der Waals surface area (Å²) in [6, 6.07) is 8.32. The van der Waals surface area contributed by atoms with Crippen LogP contribution in [0.2, 0.25) is 0 Å². The number of rotatable bonds is 5. The van der Waals surface area contributed by atoms with Crippen molar-refractivity contribution in [3.8, 4) is 0 Å². The SMILES string of the molecule is CC(=CC(=O)C(F)(F)F)NCC(=O)c1ccccc1. The molecule has 3 nitrogen and oxygen atoms in total. The Kier molecular flexibility index (Phi) is 4.86. The van der Waals surface area contributed by atoms with Crippen LogP contribution in [0.25, 0.3) is 0 Å². The Morgan fingerprint density at radius 1 is 1.21 bits per heavy atom. The van der Waals surface area contributed by atoms with Gasteiger partial charge in [0.25, 0.3) is 5.78 Å². The van der Waals surface area contributed by atoms with Gasteiger partial charge in [-0.05, 0) is 6.92 Å². The summed E-state index contributed by atoms with van der Waals surface area (Å²) in [6.45, 7) is 1.12. The second-order valence-corrected chi connectivity index (χ2v) is 3.83. The van der Waals surface area contributed by atoms with Crippen molar-refractivity contribution in [1.82, 2.24) is 5.32 Å². The molecular formula is C13H12F3NO2. The molecular weight excluding hydrogens is 259 g/mol. The van der Waals surface area contributed by atoms with Crippen molar-refractivity contribution < 1.29 is 22.8 Å². The van der Waals surface area contributed by atoms with E-state index in [-0.39, 0.29) is 18.0 Å². The number of alkyl halides is 3. The first-order valence-electron chi connectivity index (χ1n) is 5.42. The number of halogens is 3. The normalized spacial score (nSPS) is 12.1. The molecule has 19 heavy (non-hydrogen) atoms. The highest BCUT2D eigenvalue weighted by atomic mass is 19.4. The standard InChI is InChI=1S/C13H12F3NO2/c1-9(7-12(19)13(14,15)16)17-8-11(18)10-5-3-2-4-6-10/h2-7,17H,8H2,1H3. The molecule has 0 bridgehead atoms. The van der Waals surface area contributed by atoms with Crippen LogP contribution in [0.15, 0.2) is 42.1 Å². The Balaban J connectivity index is 2.56. The first-order valence-corrected chi connectivity index (χ1v) is 5.42. The topological polar surface area (TPSA) is 46.2 Å². The zero-order chi connectivity index (χ0) is 14.5.